The van der Waals surface area contributed by atoms with Gasteiger partial charge in [0.15, 0.2) is 0 Å². The van der Waals surface area contributed by atoms with Crippen LogP contribution in [0.4, 0.5) is 4.39 Å². The van der Waals surface area contributed by atoms with Crippen LogP contribution in [-0.4, -0.2) is 40.5 Å². The molecule has 2 aromatic rings. The van der Waals surface area contributed by atoms with Gasteiger partial charge in [0, 0.05) is 6.54 Å². The van der Waals surface area contributed by atoms with Crippen molar-refractivity contribution in [2.24, 2.45) is 5.92 Å². The predicted molar refractivity (Wildman–Crippen MR) is 105 cm³/mol. The topological polar surface area (TPSA) is 102 Å². The average Bonchev–Trinajstić information content (AvgIpc) is 2.71. The lowest BCUT2D eigenvalue weighted by molar-refractivity contribution is -0.147. The Morgan fingerprint density at radius 2 is 1.83 bits per heavy atom. The Balaban J connectivity index is 2.17. The molecular weight excluding hydrogens is 399 g/mol. The molecule has 2 aromatic carbocycles. The minimum absolute atomic E-state index is 0.0883. The van der Waals surface area contributed by atoms with Crippen molar-refractivity contribution in [1.29, 1.82) is 0 Å². The normalized spacial score (nSPS) is 12.2. The van der Waals surface area contributed by atoms with E-state index in [2.05, 4.69) is 10.0 Å². The lowest BCUT2D eigenvalue weighted by Crippen LogP contribution is -2.35. The number of carbonyl (C=O) groups is 2. The van der Waals surface area contributed by atoms with E-state index in [9.17, 15) is 22.4 Å². The van der Waals surface area contributed by atoms with Gasteiger partial charge in [-0.2, -0.15) is 0 Å². The number of hydrogen-bond donors (Lipinski definition) is 2. The Hall–Kier alpha value is -2.78. The molecule has 0 spiro atoms. The largest absolute Gasteiger partial charge is 0.466 e. The minimum atomic E-state index is -3.83. The van der Waals surface area contributed by atoms with Gasteiger partial charge < -0.3 is 10.1 Å². The number of hydrogen-bond acceptors (Lipinski definition) is 5. The van der Waals surface area contributed by atoms with Gasteiger partial charge in [-0.1, -0.05) is 30.3 Å². The van der Waals surface area contributed by atoms with Crippen LogP contribution >= 0.6 is 0 Å². The van der Waals surface area contributed by atoms with Gasteiger partial charge in [-0.25, -0.2) is 17.5 Å². The highest BCUT2D eigenvalue weighted by molar-refractivity contribution is 7.89. The quantitative estimate of drug-likeness (QED) is 0.601. The molecule has 1 amide bonds. The number of amides is 1. The molecule has 0 saturated carbocycles. The van der Waals surface area contributed by atoms with E-state index in [1.165, 1.54) is 7.05 Å². The Bertz CT molecular complexity index is 964. The molecular formula is C20H23FN2O5S. The van der Waals surface area contributed by atoms with Crippen molar-refractivity contribution in [3.63, 3.8) is 0 Å². The number of rotatable bonds is 9. The van der Waals surface area contributed by atoms with Crippen molar-refractivity contribution in [2.75, 3.05) is 20.2 Å². The summed E-state index contributed by atoms with van der Waals surface area (Å²) in [5, 5.41) is 2.50. The fraction of sp³-hybridized carbons (Fsp3) is 0.300. The molecule has 2 N–H and O–H groups in total. The third-order valence-corrected chi connectivity index (χ3v) is 5.63. The molecule has 1 atom stereocenters. The van der Waals surface area contributed by atoms with E-state index in [1.54, 1.807) is 6.92 Å². The maximum atomic E-state index is 14.1. The molecule has 0 aliphatic rings. The number of carbonyl (C=O) groups excluding carboxylic acids is 2. The first-order chi connectivity index (χ1) is 13.8. The first kappa shape index (κ1) is 22.5. The Morgan fingerprint density at radius 1 is 1.14 bits per heavy atom. The molecule has 29 heavy (non-hydrogen) atoms. The number of halogens is 1. The zero-order valence-electron chi connectivity index (χ0n) is 16.1. The lowest BCUT2D eigenvalue weighted by Gasteiger charge is -2.17. The monoisotopic (exact) mass is 422 g/mol. The fourth-order valence-electron chi connectivity index (χ4n) is 2.67. The van der Waals surface area contributed by atoms with E-state index in [-0.39, 0.29) is 18.0 Å². The van der Waals surface area contributed by atoms with Crippen molar-refractivity contribution in [2.45, 2.75) is 18.2 Å². The van der Waals surface area contributed by atoms with Crippen molar-refractivity contribution < 1.29 is 27.1 Å². The summed E-state index contributed by atoms with van der Waals surface area (Å²) in [5.74, 6) is -2.84. The van der Waals surface area contributed by atoms with Gasteiger partial charge in [0.2, 0.25) is 10.0 Å². The van der Waals surface area contributed by atoms with Gasteiger partial charge in [-0.3, -0.25) is 9.59 Å². The average molecular weight is 422 g/mol. The van der Waals surface area contributed by atoms with Gasteiger partial charge >= 0.3 is 5.97 Å². The summed E-state index contributed by atoms with van der Waals surface area (Å²) in [7, 11) is -2.62. The first-order valence-corrected chi connectivity index (χ1v) is 10.5. The van der Waals surface area contributed by atoms with Crippen molar-refractivity contribution in [1.82, 2.24) is 10.0 Å². The van der Waals surface area contributed by atoms with Crippen LogP contribution in [-0.2, 0) is 26.0 Å². The smallest absolute Gasteiger partial charge is 0.311 e. The molecule has 0 aliphatic heterocycles. The highest BCUT2D eigenvalue weighted by atomic mass is 32.2. The van der Waals surface area contributed by atoms with Crippen LogP contribution < -0.4 is 10.0 Å². The molecule has 0 aliphatic carbocycles. The van der Waals surface area contributed by atoms with E-state index >= 15 is 0 Å². The molecule has 1 unspecified atom stereocenters. The van der Waals surface area contributed by atoms with Gasteiger partial charge in [-0.05, 0) is 44.2 Å². The van der Waals surface area contributed by atoms with Gasteiger partial charge in [0.05, 0.1) is 23.0 Å². The number of benzene rings is 2. The summed E-state index contributed by atoms with van der Waals surface area (Å²) in [6.45, 7) is 1.78. The Kier molecular flexibility index (Phi) is 7.86. The van der Waals surface area contributed by atoms with Crippen LogP contribution in [0.5, 0.6) is 0 Å². The van der Waals surface area contributed by atoms with E-state index in [0.717, 1.165) is 23.8 Å². The zero-order valence-corrected chi connectivity index (χ0v) is 17.0. The van der Waals surface area contributed by atoms with Crippen LogP contribution in [0.15, 0.2) is 53.4 Å². The maximum Gasteiger partial charge on any atom is 0.311 e. The van der Waals surface area contributed by atoms with Crippen LogP contribution in [0.3, 0.4) is 0 Å². The first-order valence-electron chi connectivity index (χ1n) is 9.00. The van der Waals surface area contributed by atoms with Crippen molar-refractivity contribution in [3.8, 4) is 0 Å². The number of ether oxygens (including phenoxy) is 1. The summed E-state index contributed by atoms with van der Waals surface area (Å²) < 4.78 is 45.0. The van der Waals surface area contributed by atoms with Crippen LogP contribution in [0.25, 0.3) is 0 Å². The van der Waals surface area contributed by atoms with E-state index in [1.807, 2.05) is 30.3 Å². The van der Waals surface area contributed by atoms with E-state index in [0.29, 0.717) is 6.42 Å². The standard InChI is InChI=1S/C20H23FN2O5S/c1-3-28-20(25)15(11-14-7-5-4-6-8-14)13-23-19(24)17-12-16(9-10-18(17)21)29(26,27)22-2/h4-10,12,15,22H,3,11,13H2,1-2H3,(H,23,24). The van der Waals surface area contributed by atoms with Crippen molar-refractivity contribution in [3.05, 3.63) is 65.5 Å². The molecule has 0 saturated heterocycles. The molecule has 9 heteroatoms. The summed E-state index contributed by atoms with van der Waals surface area (Å²) in [6, 6.07) is 12.1. The van der Waals surface area contributed by atoms with Gasteiger partial charge in [0.1, 0.15) is 5.82 Å². The molecule has 156 valence electrons. The summed E-state index contributed by atoms with van der Waals surface area (Å²) in [4.78, 5) is 24.5. The third-order valence-electron chi connectivity index (χ3n) is 4.22. The van der Waals surface area contributed by atoms with E-state index in [4.69, 9.17) is 4.74 Å². The molecule has 0 heterocycles. The van der Waals surface area contributed by atoms with Crippen molar-refractivity contribution >= 4 is 21.9 Å². The molecule has 2 rings (SSSR count). The Morgan fingerprint density at radius 3 is 2.45 bits per heavy atom. The second-order valence-electron chi connectivity index (χ2n) is 6.20. The van der Waals surface area contributed by atoms with Crippen LogP contribution in [0.1, 0.15) is 22.8 Å². The predicted octanol–water partition coefficient (Wildman–Crippen LogP) is 1.89. The summed E-state index contributed by atoms with van der Waals surface area (Å²) in [5.41, 5.74) is 0.455. The maximum absolute atomic E-state index is 14.1. The SMILES string of the molecule is CCOC(=O)C(CNC(=O)c1cc(S(=O)(=O)NC)ccc1F)Cc1ccccc1. The second kappa shape index (κ2) is 10.1. The minimum Gasteiger partial charge on any atom is -0.466 e. The number of esters is 1. The highest BCUT2D eigenvalue weighted by Crippen LogP contribution is 2.16. The molecule has 0 radical (unpaired) electrons. The lowest BCUT2D eigenvalue weighted by atomic mass is 9.99. The number of sulfonamides is 1. The molecule has 0 fully saturated rings. The second-order valence-corrected chi connectivity index (χ2v) is 8.08. The molecule has 7 nitrogen and oxygen atoms in total. The molecule has 0 aromatic heterocycles. The summed E-state index contributed by atoms with van der Waals surface area (Å²) in [6.07, 6.45) is 0.330. The van der Waals surface area contributed by atoms with Gasteiger partial charge in [0.25, 0.3) is 5.91 Å². The van der Waals surface area contributed by atoms with Crippen LogP contribution in [0.2, 0.25) is 0 Å². The number of nitrogens with one attached hydrogen (secondary N) is 2. The van der Waals surface area contributed by atoms with Crippen LogP contribution in [0, 0.1) is 11.7 Å². The highest BCUT2D eigenvalue weighted by Gasteiger charge is 2.23. The van der Waals surface area contributed by atoms with Gasteiger partial charge in [-0.15, -0.1) is 0 Å². The van der Waals surface area contributed by atoms with E-state index < -0.39 is 39.2 Å². The summed E-state index contributed by atoms with van der Waals surface area (Å²) >= 11 is 0. The fourth-order valence-corrected chi connectivity index (χ4v) is 3.43. The Labute approximate surface area is 169 Å². The zero-order chi connectivity index (χ0) is 21.4. The molecule has 0 bridgehead atoms. The third kappa shape index (κ3) is 6.10.